The van der Waals surface area contributed by atoms with Crippen LogP contribution in [0, 0.1) is 5.92 Å². The second-order valence-electron chi connectivity index (χ2n) is 5.21. The molecule has 1 aliphatic rings. The van der Waals surface area contributed by atoms with E-state index in [9.17, 15) is 0 Å². The molecule has 0 amide bonds. The molecule has 1 saturated heterocycles. The van der Waals surface area contributed by atoms with Crippen LogP contribution in [-0.2, 0) is 0 Å². The molecule has 0 radical (unpaired) electrons. The van der Waals surface area contributed by atoms with Gasteiger partial charge in [-0.25, -0.2) is 5.84 Å². The minimum absolute atomic E-state index is 0.355. The van der Waals surface area contributed by atoms with Crippen LogP contribution in [0.4, 0.5) is 0 Å². The molecule has 5 nitrogen and oxygen atoms in total. The van der Waals surface area contributed by atoms with Crippen LogP contribution in [0.15, 0.2) is 4.99 Å². The molecule has 0 aromatic rings. The molecule has 17 heavy (non-hydrogen) atoms. The second kappa shape index (κ2) is 7.50. The molecule has 1 heterocycles. The fraction of sp³-hybridized carbons (Fsp3) is 0.917. The maximum Gasteiger partial charge on any atom is 0.205 e. The predicted molar refractivity (Wildman–Crippen MR) is 72.7 cm³/mol. The average Bonchev–Trinajstić information content (AvgIpc) is 2.30. The van der Waals surface area contributed by atoms with E-state index in [1.165, 1.54) is 32.4 Å². The molecule has 0 unspecified atom stereocenters. The number of hydrogen-bond acceptors (Lipinski definition) is 3. The Morgan fingerprint density at radius 3 is 2.59 bits per heavy atom. The van der Waals surface area contributed by atoms with Gasteiger partial charge >= 0.3 is 0 Å². The number of guanidine groups is 1. The lowest BCUT2D eigenvalue weighted by molar-refractivity contribution is 0.214. The molecule has 0 saturated carbocycles. The molecule has 0 spiro atoms. The first-order valence-electron chi connectivity index (χ1n) is 6.58. The number of piperidine rings is 1. The first-order valence-corrected chi connectivity index (χ1v) is 6.58. The minimum Gasteiger partial charge on any atom is -0.353 e. The van der Waals surface area contributed by atoms with E-state index in [0.29, 0.717) is 12.0 Å². The zero-order valence-electron chi connectivity index (χ0n) is 11.4. The zero-order chi connectivity index (χ0) is 12.7. The summed E-state index contributed by atoms with van der Waals surface area (Å²) in [5.41, 5.74) is 2.61. The molecule has 100 valence electrons. The Morgan fingerprint density at radius 1 is 1.41 bits per heavy atom. The second-order valence-corrected chi connectivity index (χ2v) is 5.21. The van der Waals surface area contributed by atoms with Gasteiger partial charge in [0.15, 0.2) is 0 Å². The molecular formula is C12H27N5. The van der Waals surface area contributed by atoms with E-state index in [0.717, 1.165) is 12.5 Å². The standard InChI is InChI=1S/C12H27N5/c1-10(2)15-12(16-13)14-7-4-11-5-8-17(3)9-6-11/h10-11H,4-9,13H2,1-3H3,(H2,14,15,16). The maximum atomic E-state index is 5.41. The summed E-state index contributed by atoms with van der Waals surface area (Å²) in [5, 5.41) is 3.18. The third-order valence-corrected chi connectivity index (χ3v) is 3.21. The summed E-state index contributed by atoms with van der Waals surface area (Å²) in [6.07, 6.45) is 3.77. The van der Waals surface area contributed by atoms with Gasteiger partial charge in [-0.2, -0.15) is 0 Å². The number of aliphatic imine (C=N–C) groups is 1. The van der Waals surface area contributed by atoms with Gasteiger partial charge in [-0.3, -0.25) is 10.4 Å². The van der Waals surface area contributed by atoms with Crippen molar-refractivity contribution < 1.29 is 0 Å². The van der Waals surface area contributed by atoms with Gasteiger partial charge in [-0.05, 0) is 59.2 Å². The number of hydrazine groups is 1. The highest BCUT2D eigenvalue weighted by atomic mass is 15.3. The Hall–Kier alpha value is -0.810. The van der Waals surface area contributed by atoms with E-state index in [1.54, 1.807) is 0 Å². The number of rotatable bonds is 4. The van der Waals surface area contributed by atoms with Gasteiger partial charge in [-0.15, -0.1) is 0 Å². The summed E-state index contributed by atoms with van der Waals surface area (Å²) < 4.78 is 0. The quantitative estimate of drug-likeness (QED) is 0.291. The molecule has 4 N–H and O–H groups in total. The predicted octanol–water partition coefficient (Wildman–Crippen LogP) is 0.536. The lowest BCUT2D eigenvalue weighted by Crippen LogP contribution is -2.44. The van der Waals surface area contributed by atoms with Gasteiger partial charge in [0, 0.05) is 12.6 Å². The van der Waals surface area contributed by atoms with E-state index >= 15 is 0 Å². The van der Waals surface area contributed by atoms with Crippen molar-refractivity contribution in [2.24, 2.45) is 16.8 Å². The smallest absolute Gasteiger partial charge is 0.205 e. The van der Waals surface area contributed by atoms with Gasteiger partial charge in [0.2, 0.25) is 5.96 Å². The summed E-state index contributed by atoms with van der Waals surface area (Å²) >= 11 is 0. The molecule has 0 bridgehead atoms. The lowest BCUT2D eigenvalue weighted by Gasteiger charge is -2.28. The topological polar surface area (TPSA) is 65.7 Å². The van der Waals surface area contributed by atoms with Crippen LogP contribution < -0.4 is 16.6 Å². The van der Waals surface area contributed by atoms with Gasteiger partial charge in [0.05, 0.1) is 0 Å². The van der Waals surface area contributed by atoms with Crippen molar-refractivity contribution in [1.82, 2.24) is 15.6 Å². The zero-order valence-corrected chi connectivity index (χ0v) is 11.4. The van der Waals surface area contributed by atoms with Crippen LogP contribution >= 0.6 is 0 Å². The van der Waals surface area contributed by atoms with E-state index < -0.39 is 0 Å². The third-order valence-electron chi connectivity index (χ3n) is 3.21. The Labute approximate surface area is 105 Å². The fourth-order valence-corrected chi connectivity index (χ4v) is 2.12. The van der Waals surface area contributed by atoms with Crippen molar-refractivity contribution in [2.45, 2.75) is 39.2 Å². The number of nitrogens with one attached hydrogen (secondary N) is 2. The Balaban J connectivity index is 2.22. The van der Waals surface area contributed by atoms with E-state index in [2.05, 4.69) is 41.5 Å². The Morgan fingerprint density at radius 2 is 2.06 bits per heavy atom. The van der Waals surface area contributed by atoms with E-state index in [-0.39, 0.29) is 0 Å². The normalized spacial score (nSPS) is 19.7. The number of likely N-dealkylation sites (tertiary alicyclic amines) is 1. The molecule has 0 aromatic carbocycles. The highest BCUT2D eigenvalue weighted by molar-refractivity contribution is 5.79. The number of nitrogens with two attached hydrogens (primary N) is 1. The summed E-state index contributed by atoms with van der Waals surface area (Å²) in [6, 6.07) is 0.355. The van der Waals surface area contributed by atoms with Crippen LogP contribution in [0.25, 0.3) is 0 Å². The largest absolute Gasteiger partial charge is 0.353 e. The van der Waals surface area contributed by atoms with Gasteiger partial charge in [0.1, 0.15) is 0 Å². The first kappa shape index (κ1) is 14.3. The number of nitrogens with zero attached hydrogens (tertiary/aromatic N) is 2. The molecule has 5 heteroatoms. The summed E-state index contributed by atoms with van der Waals surface area (Å²) in [4.78, 5) is 6.85. The highest BCUT2D eigenvalue weighted by Crippen LogP contribution is 2.19. The molecule has 1 rings (SSSR count). The van der Waals surface area contributed by atoms with Gasteiger partial charge < -0.3 is 10.2 Å². The van der Waals surface area contributed by atoms with Gasteiger partial charge in [0.25, 0.3) is 0 Å². The Kier molecular flexibility index (Phi) is 6.29. The molecular weight excluding hydrogens is 214 g/mol. The fourth-order valence-electron chi connectivity index (χ4n) is 2.12. The Bertz CT molecular complexity index is 231. The van der Waals surface area contributed by atoms with Crippen LogP contribution in [0.5, 0.6) is 0 Å². The SMILES string of the molecule is CC(C)NC(=NCCC1CCN(C)CC1)NN. The van der Waals surface area contributed by atoms with E-state index in [1.807, 2.05) is 0 Å². The molecule has 1 fully saturated rings. The molecule has 0 atom stereocenters. The summed E-state index contributed by atoms with van der Waals surface area (Å²) in [7, 11) is 2.19. The van der Waals surface area contributed by atoms with Crippen molar-refractivity contribution in [2.75, 3.05) is 26.7 Å². The summed E-state index contributed by atoms with van der Waals surface area (Å²) in [6.45, 7) is 7.45. The van der Waals surface area contributed by atoms with Crippen molar-refractivity contribution >= 4 is 5.96 Å². The molecule has 0 aliphatic carbocycles. The summed E-state index contributed by atoms with van der Waals surface area (Å²) in [5.74, 6) is 6.94. The highest BCUT2D eigenvalue weighted by Gasteiger charge is 2.15. The monoisotopic (exact) mass is 241 g/mol. The van der Waals surface area contributed by atoms with Crippen molar-refractivity contribution in [3.05, 3.63) is 0 Å². The lowest BCUT2D eigenvalue weighted by atomic mass is 9.94. The van der Waals surface area contributed by atoms with E-state index in [4.69, 9.17) is 5.84 Å². The van der Waals surface area contributed by atoms with Crippen LogP contribution in [0.1, 0.15) is 33.1 Å². The van der Waals surface area contributed by atoms with Crippen LogP contribution in [0.2, 0.25) is 0 Å². The molecule has 0 aromatic heterocycles. The third kappa shape index (κ3) is 5.89. The van der Waals surface area contributed by atoms with Crippen molar-refractivity contribution in [1.29, 1.82) is 0 Å². The van der Waals surface area contributed by atoms with Crippen molar-refractivity contribution in [3.8, 4) is 0 Å². The molecule has 1 aliphatic heterocycles. The average molecular weight is 241 g/mol. The van der Waals surface area contributed by atoms with Gasteiger partial charge in [-0.1, -0.05) is 0 Å². The first-order chi connectivity index (χ1) is 8.11. The maximum absolute atomic E-state index is 5.41. The minimum atomic E-state index is 0.355. The van der Waals surface area contributed by atoms with Crippen molar-refractivity contribution in [3.63, 3.8) is 0 Å². The van der Waals surface area contributed by atoms with Crippen LogP contribution in [-0.4, -0.2) is 43.6 Å². The number of hydrogen-bond donors (Lipinski definition) is 3. The van der Waals surface area contributed by atoms with Crippen LogP contribution in [0.3, 0.4) is 0 Å².